The molecule has 1 amide bonds. The van der Waals surface area contributed by atoms with E-state index in [1.54, 1.807) is 28.5 Å². The normalized spacial score (nSPS) is 10.2. The van der Waals surface area contributed by atoms with E-state index in [1.807, 2.05) is 19.1 Å². The first kappa shape index (κ1) is 17.2. The highest BCUT2D eigenvalue weighted by Crippen LogP contribution is 2.18. The van der Waals surface area contributed by atoms with Crippen LogP contribution in [0, 0.1) is 29.4 Å². The quantitative estimate of drug-likeness (QED) is 0.464. The van der Waals surface area contributed by atoms with Crippen LogP contribution in [0.3, 0.4) is 0 Å². The Hall–Kier alpha value is -3.14. The number of imidazole rings is 1. The van der Waals surface area contributed by atoms with Crippen LogP contribution >= 0.6 is 0 Å². The molecule has 1 heterocycles. The fourth-order valence-corrected chi connectivity index (χ4v) is 2.42. The third-order valence-corrected chi connectivity index (χ3v) is 3.66. The third kappa shape index (κ3) is 3.79. The summed E-state index contributed by atoms with van der Waals surface area (Å²) >= 11 is 0. The third-order valence-electron chi connectivity index (χ3n) is 3.66. The van der Waals surface area contributed by atoms with Crippen molar-refractivity contribution in [2.75, 3.05) is 11.4 Å². The van der Waals surface area contributed by atoms with E-state index in [-0.39, 0.29) is 18.1 Å². The van der Waals surface area contributed by atoms with Crippen molar-refractivity contribution in [1.82, 2.24) is 9.55 Å². The molecule has 1 aromatic carbocycles. The lowest BCUT2D eigenvalue weighted by atomic mass is 10.2. The Bertz CT molecular complexity index is 804. The lowest BCUT2D eigenvalue weighted by molar-refractivity contribution is -0.389. The molecule has 0 aliphatic rings. The van der Waals surface area contributed by atoms with Gasteiger partial charge in [-0.05, 0) is 35.0 Å². The number of nitrogens with zero attached hydrogens (tertiary/aromatic N) is 4. The van der Waals surface area contributed by atoms with Crippen LogP contribution in [-0.2, 0) is 11.3 Å². The van der Waals surface area contributed by atoms with Gasteiger partial charge in [0.1, 0.15) is 6.20 Å². The van der Waals surface area contributed by atoms with Gasteiger partial charge >= 0.3 is 5.82 Å². The highest BCUT2D eigenvalue weighted by molar-refractivity contribution is 5.93. The van der Waals surface area contributed by atoms with Gasteiger partial charge in [0.2, 0.25) is 11.7 Å². The fraction of sp³-hybridized carbons (Fsp3) is 0.294. The van der Waals surface area contributed by atoms with Crippen LogP contribution in [0.15, 0.2) is 30.5 Å². The van der Waals surface area contributed by atoms with Gasteiger partial charge in [-0.2, -0.15) is 0 Å². The van der Waals surface area contributed by atoms with E-state index in [2.05, 4.69) is 10.9 Å². The van der Waals surface area contributed by atoms with Gasteiger partial charge in [0.15, 0.2) is 0 Å². The Labute approximate surface area is 140 Å². The molecule has 0 atom stereocenters. The van der Waals surface area contributed by atoms with Gasteiger partial charge in [0.05, 0.1) is 0 Å². The number of carbonyl (C=O) groups excluding carboxylic acids is 1. The van der Waals surface area contributed by atoms with Crippen molar-refractivity contribution in [2.45, 2.75) is 26.8 Å². The summed E-state index contributed by atoms with van der Waals surface area (Å²) in [6.07, 6.45) is 6.95. The first-order valence-corrected chi connectivity index (χ1v) is 7.51. The van der Waals surface area contributed by atoms with Crippen molar-refractivity contribution < 1.29 is 9.72 Å². The first-order valence-electron chi connectivity index (χ1n) is 7.51. The average molecular weight is 326 g/mol. The summed E-state index contributed by atoms with van der Waals surface area (Å²) < 4.78 is 1.61. The molecule has 0 N–H and O–H groups in total. The summed E-state index contributed by atoms with van der Waals surface area (Å²) in [7, 11) is 0. The molecule has 0 saturated carbocycles. The summed E-state index contributed by atoms with van der Waals surface area (Å²) in [4.78, 5) is 28.2. The molecule has 24 heavy (non-hydrogen) atoms. The van der Waals surface area contributed by atoms with Crippen LogP contribution in [0.2, 0.25) is 0 Å². The lowest BCUT2D eigenvalue weighted by Gasteiger charge is -2.21. The van der Waals surface area contributed by atoms with Crippen molar-refractivity contribution in [3.05, 3.63) is 52.0 Å². The first-order chi connectivity index (χ1) is 11.5. The van der Waals surface area contributed by atoms with Crippen molar-refractivity contribution in [1.29, 1.82) is 0 Å². The van der Waals surface area contributed by atoms with Gasteiger partial charge < -0.3 is 19.6 Å². The second kappa shape index (κ2) is 7.42. The number of carbonyl (C=O) groups is 1. The minimum Gasteiger partial charge on any atom is -0.358 e. The SMILES string of the molecule is C#Cc1cccc(N(CC)C(=O)CCn2cc([N+](=O)[O-])nc2C)c1. The topological polar surface area (TPSA) is 81.3 Å². The second-order valence-electron chi connectivity index (χ2n) is 5.18. The van der Waals surface area contributed by atoms with Crippen molar-refractivity contribution in [3.63, 3.8) is 0 Å². The number of terminal acetylenes is 1. The predicted octanol–water partition coefficient (Wildman–Crippen LogP) is 2.52. The summed E-state index contributed by atoms with van der Waals surface area (Å²) in [6.45, 7) is 4.39. The van der Waals surface area contributed by atoms with Crippen LogP contribution in [-0.4, -0.2) is 26.9 Å². The number of anilines is 1. The van der Waals surface area contributed by atoms with Crippen molar-refractivity contribution in [3.8, 4) is 12.3 Å². The van der Waals surface area contributed by atoms with Crippen LogP contribution in [0.25, 0.3) is 0 Å². The number of aryl methyl sites for hydroxylation is 2. The molecule has 0 fully saturated rings. The molecule has 7 heteroatoms. The average Bonchev–Trinajstić information content (AvgIpc) is 2.95. The van der Waals surface area contributed by atoms with Gasteiger partial charge in [-0.3, -0.25) is 4.79 Å². The lowest BCUT2D eigenvalue weighted by Crippen LogP contribution is -2.31. The number of benzene rings is 1. The zero-order chi connectivity index (χ0) is 17.7. The summed E-state index contributed by atoms with van der Waals surface area (Å²) in [5.41, 5.74) is 1.45. The Morgan fingerprint density at radius 2 is 2.25 bits per heavy atom. The van der Waals surface area contributed by atoms with E-state index >= 15 is 0 Å². The van der Waals surface area contributed by atoms with Crippen LogP contribution in [0.1, 0.15) is 24.7 Å². The molecule has 7 nitrogen and oxygen atoms in total. The number of aromatic nitrogens is 2. The monoisotopic (exact) mass is 326 g/mol. The van der Waals surface area contributed by atoms with E-state index in [0.29, 0.717) is 24.5 Å². The standard InChI is InChI=1S/C17H18N4O3/c1-4-14-7-6-8-15(11-14)20(5-2)17(22)9-10-19-12-16(21(23)24)18-13(19)3/h1,6-8,11-12H,5,9-10H2,2-3H3. The van der Waals surface area contributed by atoms with Gasteiger partial charge in [-0.15, -0.1) is 6.42 Å². The minimum atomic E-state index is -0.547. The number of amides is 1. The fourth-order valence-electron chi connectivity index (χ4n) is 2.42. The van der Waals surface area contributed by atoms with Crippen LogP contribution in [0.4, 0.5) is 11.5 Å². The summed E-state index contributed by atoms with van der Waals surface area (Å²) in [5.74, 6) is 2.76. The highest BCUT2D eigenvalue weighted by Gasteiger charge is 2.18. The Kier molecular flexibility index (Phi) is 5.32. The van der Waals surface area contributed by atoms with E-state index in [0.717, 1.165) is 5.69 Å². The molecule has 0 saturated heterocycles. The Balaban J connectivity index is 2.10. The maximum atomic E-state index is 12.5. The van der Waals surface area contributed by atoms with Crippen LogP contribution < -0.4 is 4.90 Å². The molecule has 0 aliphatic heterocycles. The molecule has 0 bridgehead atoms. The zero-order valence-corrected chi connectivity index (χ0v) is 13.6. The molecule has 0 unspecified atom stereocenters. The number of hydrogen-bond donors (Lipinski definition) is 0. The van der Waals surface area contributed by atoms with Crippen LogP contribution in [0.5, 0.6) is 0 Å². The maximum Gasteiger partial charge on any atom is 0.381 e. The molecule has 0 aliphatic carbocycles. The zero-order valence-electron chi connectivity index (χ0n) is 13.6. The Morgan fingerprint density at radius 3 is 2.83 bits per heavy atom. The van der Waals surface area contributed by atoms with Gasteiger partial charge in [-0.1, -0.05) is 12.0 Å². The predicted molar refractivity (Wildman–Crippen MR) is 90.6 cm³/mol. The molecule has 2 aromatic rings. The summed E-state index contributed by atoms with van der Waals surface area (Å²) in [5, 5.41) is 10.7. The van der Waals surface area contributed by atoms with Gasteiger partial charge in [0.25, 0.3) is 0 Å². The number of rotatable bonds is 6. The number of hydrogen-bond acceptors (Lipinski definition) is 4. The van der Waals surface area contributed by atoms with E-state index < -0.39 is 4.92 Å². The Morgan fingerprint density at radius 1 is 1.50 bits per heavy atom. The molecule has 0 spiro atoms. The van der Waals surface area contributed by atoms with E-state index in [1.165, 1.54) is 6.20 Å². The molecule has 0 radical (unpaired) electrons. The van der Waals surface area contributed by atoms with Crippen molar-refractivity contribution >= 4 is 17.4 Å². The molecule has 124 valence electrons. The molecular weight excluding hydrogens is 308 g/mol. The highest BCUT2D eigenvalue weighted by atomic mass is 16.6. The largest absolute Gasteiger partial charge is 0.381 e. The molecule has 1 aromatic heterocycles. The van der Waals surface area contributed by atoms with E-state index in [9.17, 15) is 14.9 Å². The maximum absolute atomic E-state index is 12.5. The number of nitro groups is 1. The second-order valence-corrected chi connectivity index (χ2v) is 5.18. The minimum absolute atomic E-state index is 0.0811. The van der Waals surface area contributed by atoms with Gasteiger partial charge in [0, 0.05) is 37.7 Å². The van der Waals surface area contributed by atoms with Crippen molar-refractivity contribution in [2.24, 2.45) is 0 Å². The molecular formula is C17H18N4O3. The molecule has 2 rings (SSSR count). The summed E-state index contributed by atoms with van der Waals surface area (Å²) in [6, 6.07) is 7.23. The van der Waals surface area contributed by atoms with E-state index in [4.69, 9.17) is 6.42 Å². The van der Waals surface area contributed by atoms with Gasteiger partial charge in [-0.25, -0.2) is 0 Å². The smallest absolute Gasteiger partial charge is 0.358 e.